The number of carboxylic acid groups (broad SMARTS) is 1. The van der Waals surface area contributed by atoms with E-state index in [2.05, 4.69) is 17.1 Å². The Morgan fingerprint density at radius 3 is 2.61 bits per heavy atom. The van der Waals surface area contributed by atoms with Crippen LogP contribution in [-0.2, 0) is 21.2 Å². The van der Waals surface area contributed by atoms with Crippen molar-refractivity contribution in [2.45, 2.75) is 46.1 Å². The summed E-state index contributed by atoms with van der Waals surface area (Å²) in [6, 6.07) is 13.8. The van der Waals surface area contributed by atoms with Crippen molar-refractivity contribution < 1.29 is 32.5 Å². The molecule has 0 fully saturated rings. The van der Waals surface area contributed by atoms with E-state index < -0.39 is 15.8 Å². The molecule has 202 valence electrons. The number of nitrogens with zero attached hydrogens (tertiary/aromatic N) is 1. The number of aryl methyl sites for hydroxylation is 2. The van der Waals surface area contributed by atoms with Crippen LogP contribution < -0.4 is 14.2 Å². The molecule has 0 bridgehead atoms. The van der Waals surface area contributed by atoms with Gasteiger partial charge < -0.3 is 19.3 Å². The Kier molecular flexibility index (Phi) is 8.56. The van der Waals surface area contributed by atoms with Crippen LogP contribution >= 0.6 is 0 Å². The van der Waals surface area contributed by atoms with Crippen LogP contribution in [0.5, 0.6) is 17.4 Å². The predicted octanol–water partition coefficient (Wildman–Crippen LogP) is 5.10. The highest BCUT2D eigenvalue weighted by Gasteiger charge is 2.27. The highest BCUT2D eigenvalue weighted by Crippen LogP contribution is 2.37. The number of ether oxygens (including phenoxy) is 3. The Hall–Kier alpha value is -3.59. The van der Waals surface area contributed by atoms with Gasteiger partial charge in [0.25, 0.3) is 0 Å². The number of hydrogen-bond acceptors (Lipinski definition) is 7. The Morgan fingerprint density at radius 2 is 1.89 bits per heavy atom. The van der Waals surface area contributed by atoms with E-state index in [1.807, 2.05) is 38.1 Å². The molecule has 0 spiro atoms. The van der Waals surface area contributed by atoms with Gasteiger partial charge in [-0.15, -0.1) is 0 Å². The van der Waals surface area contributed by atoms with Crippen LogP contribution in [0.25, 0.3) is 11.1 Å². The number of sulfone groups is 1. The summed E-state index contributed by atoms with van der Waals surface area (Å²) in [5.41, 5.74) is 6.07. The number of hydrogen-bond donors (Lipinski definition) is 1. The van der Waals surface area contributed by atoms with Gasteiger partial charge in [0.1, 0.15) is 27.9 Å². The maximum absolute atomic E-state index is 11.7. The van der Waals surface area contributed by atoms with Crippen molar-refractivity contribution in [3.63, 3.8) is 0 Å². The van der Waals surface area contributed by atoms with Gasteiger partial charge in [-0.2, -0.15) is 0 Å². The number of benzene rings is 2. The fourth-order valence-electron chi connectivity index (χ4n) is 4.65. The molecule has 2 heterocycles. The summed E-state index contributed by atoms with van der Waals surface area (Å²) in [6.45, 7) is 6.72. The number of carboxylic acids is 1. The summed E-state index contributed by atoms with van der Waals surface area (Å²) < 4.78 is 40.7. The second-order valence-corrected chi connectivity index (χ2v) is 12.0. The second-order valence-electron chi connectivity index (χ2n) is 9.53. The van der Waals surface area contributed by atoms with E-state index in [4.69, 9.17) is 19.3 Å². The maximum Gasteiger partial charge on any atom is 0.304 e. The van der Waals surface area contributed by atoms with Gasteiger partial charge in [-0.05, 0) is 66.3 Å². The normalized spacial score (nSPS) is 14.6. The highest BCUT2D eigenvalue weighted by molar-refractivity contribution is 7.91. The zero-order valence-corrected chi connectivity index (χ0v) is 22.7. The van der Waals surface area contributed by atoms with Crippen LogP contribution in [0.2, 0.25) is 0 Å². The lowest BCUT2D eigenvalue weighted by molar-refractivity contribution is -0.137. The largest absolute Gasteiger partial charge is 0.494 e. The van der Waals surface area contributed by atoms with Crippen molar-refractivity contribution in [2.75, 3.05) is 24.7 Å². The van der Waals surface area contributed by atoms with E-state index in [0.717, 1.165) is 39.1 Å². The van der Waals surface area contributed by atoms with Gasteiger partial charge >= 0.3 is 5.97 Å². The summed E-state index contributed by atoms with van der Waals surface area (Å²) in [5.74, 6) is 1.000. The first-order valence-corrected chi connectivity index (χ1v) is 14.5. The fourth-order valence-corrected chi connectivity index (χ4v) is 5.50. The van der Waals surface area contributed by atoms with Crippen LogP contribution in [0.4, 0.5) is 0 Å². The molecule has 8 nitrogen and oxygen atoms in total. The van der Waals surface area contributed by atoms with Gasteiger partial charge in [0, 0.05) is 29.5 Å². The fraction of sp³-hybridized carbons (Fsp3) is 0.379. The number of fused-ring (bicyclic) bond motifs is 1. The molecule has 0 saturated carbocycles. The molecule has 0 radical (unpaired) electrons. The van der Waals surface area contributed by atoms with Crippen LogP contribution in [0.1, 0.15) is 47.9 Å². The van der Waals surface area contributed by atoms with Crippen molar-refractivity contribution in [1.82, 2.24) is 4.98 Å². The molecule has 1 aromatic heterocycles. The van der Waals surface area contributed by atoms with E-state index in [1.165, 1.54) is 0 Å². The SMILES string of the molecule is CCS(=O)(=O)CCCOc1cc(C)c(-c2cccc(COc3cc4c(cn3)C(CC(=O)O)CO4)c2)c(C)c1. The first kappa shape index (κ1) is 27.4. The van der Waals surface area contributed by atoms with E-state index >= 15 is 0 Å². The standard InChI is InChI=1S/C29H33NO7S/c1-4-38(33,34)10-6-9-35-24-11-19(2)29(20(3)12-24)22-8-5-7-21(13-22)17-37-27-15-26-25(16-30-27)23(18-36-26)14-28(31)32/h5,7-8,11-13,15-16,23H,4,6,9-10,14,17-18H2,1-3H3,(H,31,32). The third-order valence-electron chi connectivity index (χ3n) is 6.59. The molecule has 1 unspecified atom stereocenters. The number of aromatic nitrogens is 1. The Labute approximate surface area is 223 Å². The Bertz CT molecular complexity index is 1400. The minimum Gasteiger partial charge on any atom is -0.494 e. The molecular weight excluding hydrogens is 506 g/mol. The van der Waals surface area contributed by atoms with Crippen LogP contribution in [0, 0.1) is 13.8 Å². The summed E-state index contributed by atoms with van der Waals surface area (Å²) in [4.78, 5) is 15.4. The van der Waals surface area contributed by atoms with Gasteiger partial charge in [0.15, 0.2) is 0 Å². The Morgan fingerprint density at radius 1 is 1.13 bits per heavy atom. The molecule has 0 saturated heterocycles. The molecule has 1 atom stereocenters. The van der Waals surface area contributed by atoms with Gasteiger partial charge in [-0.25, -0.2) is 13.4 Å². The molecule has 38 heavy (non-hydrogen) atoms. The minimum atomic E-state index is -2.99. The van der Waals surface area contributed by atoms with E-state index in [0.29, 0.717) is 37.9 Å². The molecule has 2 aromatic carbocycles. The molecule has 4 rings (SSSR count). The van der Waals surface area contributed by atoms with Crippen molar-refractivity contribution in [3.8, 4) is 28.5 Å². The minimum absolute atomic E-state index is 0.0108. The molecule has 1 aliphatic heterocycles. The smallest absolute Gasteiger partial charge is 0.304 e. The average Bonchev–Trinajstić information content (AvgIpc) is 3.26. The predicted molar refractivity (Wildman–Crippen MR) is 145 cm³/mol. The quantitative estimate of drug-likeness (QED) is 0.317. The number of pyridine rings is 1. The molecule has 1 N–H and O–H groups in total. The highest BCUT2D eigenvalue weighted by atomic mass is 32.2. The van der Waals surface area contributed by atoms with Crippen molar-refractivity contribution in [2.24, 2.45) is 0 Å². The first-order chi connectivity index (χ1) is 18.1. The summed E-state index contributed by atoms with van der Waals surface area (Å²) in [5, 5.41) is 9.07. The maximum atomic E-state index is 11.7. The average molecular weight is 540 g/mol. The molecule has 9 heteroatoms. The number of rotatable bonds is 12. The number of carbonyl (C=O) groups is 1. The molecular formula is C29H33NO7S. The summed E-state index contributed by atoms with van der Waals surface area (Å²) in [7, 11) is -2.99. The molecule has 1 aliphatic rings. The van der Waals surface area contributed by atoms with Crippen LogP contribution in [0.15, 0.2) is 48.7 Å². The van der Waals surface area contributed by atoms with Gasteiger partial charge in [0.05, 0.1) is 25.4 Å². The third kappa shape index (κ3) is 6.83. The van der Waals surface area contributed by atoms with Crippen molar-refractivity contribution in [1.29, 1.82) is 0 Å². The van der Waals surface area contributed by atoms with Gasteiger partial charge in [-0.1, -0.05) is 25.1 Å². The molecule has 3 aromatic rings. The summed E-state index contributed by atoms with van der Waals surface area (Å²) >= 11 is 0. The van der Waals surface area contributed by atoms with Crippen LogP contribution in [0.3, 0.4) is 0 Å². The van der Waals surface area contributed by atoms with E-state index in [-0.39, 0.29) is 23.8 Å². The second kappa shape index (κ2) is 11.9. The van der Waals surface area contributed by atoms with Crippen molar-refractivity contribution >= 4 is 15.8 Å². The number of aliphatic carboxylic acids is 1. The zero-order valence-electron chi connectivity index (χ0n) is 21.9. The molecule has 0 aliphatic carbocycles. The van der Waals surface area contributed by atoms with E-state index in [9.17, 15) is 13.2 Å². The zero-order chi connectivity index (χ0) is 27.3. The Balaban J connectivity index is 1.40. The lowest BCUT2D eigenvalue weighted by Gasteiger charge is -2.15. The first-order valence-electron chi connectivity index (χ1n) is 12.7. The van der Waals surface area contributed by atoms with Gasteiger partial charge in [-0.3, -0.25) is 4.79 Å². The van der Waals surface area contributed by atoms with Gasteiger partial charge in [0.2, 0.25) is 5.88 Å². The van der Waals surface area contributed by atoms with Crippen LogP contribution in [-0.4, -0.2) is 49.2 Å². The third-order valence-corrected chi connectivity index (χ3v) is 8.38. The lowest BCUT2D eigenvalue weighted by atomic mass is 9.94. The lowest BCUT2D eigenvalue weighted by Crippen LogP contribution is -2.11. The van der Waals surface area contributed by atoms with Crippen molar-refractivity contribution in [3.05, 3.63) is 70.9 Å². The molecule has 0 amide bonds. The summed E-state index contributed by atoms with van der Waals surface area (Å²) in [6.07, 6.45) is 2.11. The monoisotopic (exact) mass is 539 g/mol. The van der Waals surface area contributed by atoms with E-state index in [1.54, 1.807) is 19.2 Å². The topological polar surface area (TPSA) is 112 Å².